The van der Waals surface area contributed by atoms with Crippen molar-refractivity contribution >= 4 is 27.6 Å². The smallest absolute Gasteiger partial charge is 0.231 e. The lowest BCUT2D eigenvalue weighted by Crippen LogP contribution is -2.31. The molecule has 1 amide bonds. The van der Waals surface area contributed by atoms with E-state index in [9.17, 15) is 22.9 Å². The third kappa shape index (κ3) is 5.19. The SMILES string of the molecule is N#Cc1cc(-c2ccnc(NCCS(N)(=O)=O)n2)cc2c1N(C(=O)Cc1ccccc1F)CC2. The average molecular weight is 481 g/mol. The van der Waals surface area contributed by atoms with Gasteiger partial charge in [0.1, 0.15) is 11.9 Å². The summed E-state index contributed by atoms with van der Waals surface area (Å²) < 4.78 is 36.2. The van der Waals surface area contributed by atoms with Crippen molar-refractivity contribution in [1.82, 2.24) is 9.97 Å². The van der Waals surface area contributed by atoms with Crippen LogP contribution in [0.1, 0.15) is 16.7 Å². The molecule has 1 aliphatic rings. The van der Waals surface area contributed by atoms with E-state index in [1.54, 1.807) is 30.3 Å². The number of hydrogen-bond acceptors (Lipinski definition) is 7. The number of primary sulfonamides is 1. The second kappa shape index (κ2) is 9.54. The van der Waals surface area contributed by atoms with E-state index in [2.05, 4.69) is 21.4 Å². The first-order chi connectivity index (χ1) is 16.2. The molecule has 0 bridgehead atoms. The van der Waals surface area contributed by atoms with Crippen LogP contribution in [-0.2, 0) is 27.7 Å². The number of nitrogens with two attached hydrogens (primary N) is 1. The van der Waals surface area contributed by atoms with Crippen molar-refractivity contribution in [3.8, 4) is 17.3 Å². The van der Waals surface area contributed by atoms with Gasteiger partial charge in [0.15, 0.2) is 0 Å². The van der Waals surface area contributed by atoms with Crippen molar-refractivity contribution in [2.75, 3.05) is 29.1 Å². The third-order valence-corrected chi connectivity index (χ3v) is 6.18. The first-order valence-corrected chi connectivity index (χ1v) is 12.2. The molecule has 0 saturated heterocycles. The number of fused-ring (bicyclic) bond motifs is 1. The number of nitrogens with zero attached hydrogens (tertiary/aromatic N) is 4. The van der Waals surface area contributed by atoms with E-state index in [-0.39, 0.29) is 30.6 Å². The fourth-order valence-corrected chi connectivity index (χ4v) is 4.23. The van der Waals surface area contributed by atoms with E-state index in [4.69, 9.17) is 5.14 Å². The fraction of sp³-hybridized carbons (Fsp3) is 0.217. The molecule has 0 aliphatic carbocycles. The van der Waals surface area contributed by atoms with E-state index in [1.807, 2.05) is 6.07 Å². The molecule has 2 heterocycles. The van der Waals surface area contributed by atoms with Crippen LogP contribution in [0.15, 0.2) is 48.7 Å². The molecule has 4 rings (SSSR count). The first kappa shape index (κ1) is 23.3. The van der Waals surface area contributed by atoms with Crippen LogP contribution in [0, 0.1) is 17.1 Å². The van der Waals surface area contributed by atoms with Crippen molar-refractivity contribution in [3.05, 3.63) is 71.2 Å². The Morgan fingerprint density at radius 1 is 1.26 bits per heavy atom. The summed E-state index contributed by atoms with van der Waals surface area (Å²) in [7, 11) is -3.61. The number of benzene rings is 2. The number of amides is 1. The van der Waals surface area contributed by atoms with E-state index in [1.165, 1.54) is 17.2 Å². The number of carbonyl (C=O) groups excluding carboxylic acids is 1. The maximum absolute atomic E-state index is 14.0. The minimum Gasteiger partial charge on any atom is -0.353 e. The molecule has 9 nitrogen and oxygen atoms in total. The van der Waals surface area contributed by atoms with Gasteiger partial charge in [-0.1, -0.05) is 18.2 Å². The van der Waals surface area contributed by atoms with Gasteiger partial charge in [0, 0.05) is 24.8 Å². The second-order valence-corrected chi connectivity index (χ2v) is 9.50. The largest absolute Gasteiger partial charge is 0.353 e. The number of halogens is 1. The van der Waals surface area contributed by atoms with Gasteiger partial charge in [-0.25, -0.2) is 27.9 Å². The maximum atomic E-state index is 14.0. The minimum atomic E-state index is -3.61. The van der Waals surface area contributed by atoms with Crippen LogP contribution in [-0.4, -0.2) is 43.1 Å². The van der Waals surface area contributed by atoms with Gasteiger partial charge in [-0.15, -0.1) is 0 Å². The average Bonchev–Trinajstić information content (AvgIpc) is 3.24. The number of anilines is 2. The molecular formula is C23H21FN6O3S. The molecule has 0 saturated carbocycles. The van der Waals surface area contributed by atoms with Gasteiger partial charge < -0.3 is 10.2 Å². The van der Waals surface area contributed by atoms with Gasteiger partial charge in [0.25, 0.3) is 0 Å². The summed E-state index contributed by atoms with van der Waals surface area (Å²) in [6, 6.07) is 13.5. The molecule has 11 heteroatoms. The summed E-state index contributed by atoms with van der Waals surface area (Å²) >= 11 is 0. The summed E-state index contributed by atoms with van der Waals surface area (Å²) in [5.74, 6) is -0.768. The van der Waals surface area contributed by atoms with Crippen LogP contribution < -0.4 is 15.4 Å². The molecule has 0 unspecified atom stereocenters. The Morgan fingerprint density at radius 2 is 2.06 bits per heavy atom. The van der Waals surface area contributed by atoms with Crippen LogP contribution >= 0.6 is 0 Å². The van der Waals surface area contributed by atoms with Gasteiger partial charge >= 0.3 is 0 Å². The van der Waals surface area contributed by atoms with Crippen LogP contribution in [0.25, 0.3) is 11.3 Å². The van der Waals surface area contributed by atoms with E-state index >= 15 is 0 Å². The molecule has 3 N–H and O–H groups in total. The van der Waals surface area contributed by atoms with Crippen LogP contribution in [0.2, 0.25) is 0 Å². The van der Waals surface area contributed by atoms with Gasteiger partial charge in [-0.05, 0) is 41.8 Å². The maximum Gasteiger partial charge on any atom is 0.231 e. The predicted molar refractivity (Wildman–Crippen MR) is 125 cm³/mol. The fourth-order valence-electron chi connectivity index (χ4n) is 3.84. The zero-order valence-electron chi connectivity index (χ0n) is 18.0. The number of nitrogens with one attached hydrogen (secondary N) is 1. The number of rotatable bonds is 7. The standard InChI is InChI=1S/C23H21FN6O3S/c24-19-4-2-1-3-15(19)13-21(31)30-9-6-16-11-17(12-18(14-25)22(16)30)20-5-7-27-23(29-20)28-8-10-34(26,32)33/h1-5,7,11-12H,6,8-10,13H2,(H2,26,32,33)(H,27,28,29). The number of hydrogen-bond donors (Lipinski definition) is 2. The van der Waals surface area contributed by atoms with Crippen LogP contribution in [0.3, 0.4) is 0 Å². The Kier molecular flexibility index (Phi) is 6.54. The minimum absolute atomic E-state index is 0.0506. The Bertz CT molecular complexity index is 1400. The third-order valence-electron chi connectivity index (χ3n) is 5.41. The Balaban J connectivity index is 1.59. The monoisotopic (exact) mass is 480 g/mol. The lowest BCUT2D eigenvalue weighted by molar-refractivity contribution is -0.117. The van der Waals surface area contributed by atoms with E-state index < -0.39 is 15.8 Å². The molecular weight excluding hydrogens is 459 g/mol. The summed E-state index contributed by atoms with van der Waals surface area (Å²) in [5, 5.41) is 17.6. The number of nitriles is 1. The van der Waals surface area contributed by atoms with Crippen molar-refractivity contribution in [2.45, 2.75) is 12.8 Å². The van der Waals surface area contributed by atoms with Crippen LogP contribution in [0.4, 0.5) is 16.0 Å². The van der Waals surface area contributed by atoms with Gasteiger partial charge in [-0.2, -0.15) is 5.26 Å². The first-order valence-electron chi connectivity index (χ1n) is 10.4. The molecule has 3 aromatic rings. The molecule has 0 fully saturated rings. The van der Waals surface area contributed by atoms with Gasteiger partial charge in [-0.3, -0.25) is 4.79 Å². The van der Waals surface area contributed by atoms with Gasteiger partial charge in [0.2, 0.25) is 21.9 Å². The predicted octanol–water partition coefficient (Wildman–Crippen LogP) is 1.99. The molecule has 0 atom stereocenters. The highest BCUT2D eigenvalue weighted by Crippen LogP contribution is 2.36. The highest BCUT2D eigenvalue weighted by atomic mass is 32.2. The molecule has 1 aromatic heterocycles. The van der Waals surface area contributed by atoms with Crippen molar-refractivity contribution < 1.29 is 17.6 Å². The summed E-state index contributed by atoms with van der Waals surface area (Å²) in [4.78, 5) is 22.9. The molecule has 34 heavy (non-hydrogen) atoms. The summed E-state index contributed by atoms with van der Waals surface area (Å²) in [6.45, 7) is 0.444. The molecule has 0 radical (unpaired) electrons. The molecule has 174 valence electrons. The van der Waals surface area contributed by atoms with Gasteiger partial charge in [0.05, 0.1) is 29.1 Å². The number of sulfonamides is 1. The van der Waals surface area contributed by atoms with Crippen molar-refractivity contribution in [2.24, 2.45) is 5.14 Å². The molecule has 2 aromatic carbocycles. The van der Waals surface area contributed by atoms with Crippen molar-refractivity contribution in [1.29, 1.82) is 5.26 Å². The topological polar surface area (TPSA) is 142 Å². The highest BCUT2D eigenvalue weighted by Gasteiger charge is 2.29. The highest BCUT2D eigenvalue weighted by molar-refractivity contribution is 7.89. The zero-order valence-corrected chi connectivity index (χ0v) is 18.8. The number of carbonyl (C=O) groups is 1. The zero-order chi connectivity index (χ0) is 24.3. The molecule has 1 aliphatic heterocycles. The number of aromatic nitrogens is 2. The van der Waals surface area contributed by atoms with E-state index in [0.717, 1.165) is 5.56 Å². The normalized spacial score (nSPS) is 12.8. The second-order valence-electron chi connectivity index (χ2n) is 7.77. The lowest BCUT2D eigenvalue weighted by atomic mass is 10.0. The lowest BCUT2D eigenvalue weighted by Gasteiger charge is -2.19. The van der Waals surface area contributed by atoms with E-state index in [0.29, 0.717) is 41.0 Å². The van der Waals surface area contributed by atoms with Crippen LogP contribution in [0.5, 0.6) is 0 Å². The molecule has 0 spiro atoms. The summed E-state index contributed by atoms with van der Waals surface area (Å²) in [5.41, 5.74) is 3.17. The Hall–Kier alpha value is -3.88. The summed E-state index contributed by atoms with van der Waals surface area (Å²) in [6.07, 6.45) is 1.97. The quantitative estimate of drug-likeness (QED) is 0.526. The van der Waals surface area contributed by atoms with Crippen molar-refractivity contribution in [3.63, 3.8) is 0 Å². The Morgan fingerprint density at radius 3 is 2.79 bits per heavy atom. The Labute approximate surface area is 196 Å².